The summed E-state index contributed by atoms with van der Waals surface area (Å²) >= 11 is 0. The Morgan fingerprint density at radius 1 is 1.47 bits per heavy atom. The van der Waals surface area contributed by atoms with E-state index in [-0.39, 0.29) is 0 Å². The fraction of sp³-hybridized carbons (Fsp3) is 0.688. The third-order valence-electron chi connectivity index (χ3n) is 4.35. The molecule has 106 valence electrons. The Labute approximate surface area is 117 Å². The third kappa shape index (κ3) is 3.54. The van der Waals surface area contributed by atoms with Gasteiger partial charge in [-0.1, -0.05) is 20.8 Å². The Kier molecular flexibility index (Phi) is 4.94. The summed E-state index contributed by atoms with van der Waals surface area (Å²) in [7, 11) is 0. The van der Waals surface area contributed by atoms with Gasteiger partial charge in [0.15, 0.2) is 0 Å². The predicted molar refractivity (Wildman–Crippen MR) is 80.1 cm³/mol. The Hall–Kier alpha value is -0.930. The Morgan fingerprint density at radius 2 is 2.26 bits per heavy atom. The van der Waals surface area contributed by atoms with Crippen molar-refractivity contribution in [1.82, 2.24) is 15.2 Å². The van der Waals surface area contributed by atoms with Crippen LogP contribution in [0.25, 0.3) is 0 Å². The van der Waals surface area contributed by atoms with E-state index in [2.05, 4.69) is 49.0 Å². The van der Waals surface area contributed by atoms with Gasteiger partial charge < -0.3 is 5.32 Å². The van der Waals surface area contributed by atoms with Crippen LogP contribution in [0.3, 0.4) is 0 Å². The van der Waals surface area contributed by atoms with Crippen molar-refractivity contribution in [2.75, 3.05) is 13.1 Å². The van der Waals surface area contributed by atoms with E-state index in [1.165, 1.54) is 17.5 Å². The zero-order valence-electron chi connectivity index (χ0n) is 12.7. The van der Waals surface area contributed by atoms with E-state index in [1.54, 1.807) is 0 Å². The molecule has 2 heterocycles. The lowest BCUT2D eigenvalue weighted by molar-refractivity contribution is 0.103. The maximum Gasteiger partial charge on any atom is 0.0300 e. The van der Waals surface area contributed by atoms with Gasteiger partial charge in [0, 0.05) is 44.1 Å². The molecule has 1 saturated heterocycles. The van der Waals surface area contributed by atoms with E-state index in [0.29, 0.717) is 18.0 Å². The van der Waals surface area contributed by atoms with Gasteiger partial charge in [0.05, 0.1) is 0 Å². The molecule has 1 N–H and O–H groups in total. The molecule has 0 bridgehead atoms. The standard InChI is InChI=1S/C16H27N3/c1-5-15-9-18-16(12(2)3)11-19(15)10-14-6-7-17-8-13(14)4/h6-8,12,15-16,18H,5,9-11H2,1-4H3. The van der Waals surface area contributed by atoms with E-state index < -0.39 is 0 Å². The van der Waals surface area contributed by atoms with Crippen LogP contribution in [-0.4, -0.2) is 35.1 Å². The number of hydrogen-bond donors (Lipinski definition) is 1. The predicted octanol–water partition coefficient (Wildman–Crippen LogP) is 2.60. The second-order valence-electron chi connectivity index (χ2n) is 6.05. The molecule has 19 heavy (non-hydrogen) atoms. The molecule has 0 aromatic carbocycles. The van der Waals surface area contributed by atoms with Gasteiger partial charge >= 0.3 is 0 Å². The average Bonchev–Trinajstić information content (AvgIpc) is 2.41. The van der Waals surface area contributed by atoms with Crippen LogP contribution >= 0.6 is 0 Å². The second-order valence-corrected chi connectivity index (χ2v) is 6.05. The number of aromatic nitrogens is 1. The van der Waals surface area contributed by atoms with Gasteiger partial charge in [-0.15, -0.1) is 0 Å². The molecule has 2 unspecified atom stereocenters. The Morgan fingerprint density at radius 3 is 2.89 bits per heavy atom. The lowest BCUT2D eigenvalue weighted by Crippen LogP contribution is -2.57. The number of hydrogen-bond acceptors (Lipinski definition) is 3. The first-order valence-corrected chi connectivity index (χ1v) is 7.48. The zero-order chi connectivity index (χ0) is 13.8. The summed E-state index contributed by atoms with van der Waals surface area (Å²) < 4.78 is 0. The first-order valence-electron chi connectivity index (χ1n) is 7.48. The van der Waals surface area contributed by atoms with Crippen LogP contribution in [0.2, 0.25) is 0 Å². The smallest absolute Gasteiger partial charge is 0.0300 e. The molecule has 0 saturated carbocycles. The average molecular weight is 261 g/mol. The largest absolute Gasteiger partial charge is 0.311 e. The van der Waals surface area contributed by atoms with Crippen LogP contribution in [0, 0.1) is 12.8 Å². The molecule has 3 heteroatoms. The molecule has 1 fully saturated rings. The van der Waals surface area contributed by atoms with Crippen LogP contribution < -0.4 is 5.32 Å². The number of pyridine rings is 1. The summed E-state index contributed by atoms with van der Waals surface area (Å²) in [6.07, 6.45) is 5.09. The summed E-state index contributed by atoms with van der Waals surface area (Å²) in [4.78, 5) is 6.83. The van der Waals surface area contributed by atoms with Crippen molar-refractivity contribution >= 4 is 0 Å². The topological polar surface area (TPSA) is 28.2 Å². The van der Waals surface area contributed by atoms with Crippen LogP contribution in [0.5, 0.6) is 0 Å². The maximum atomic E-state index is 4.19. The van der Waals surface area contributed by atoms with Crippen molar-refractivity contribution in [2.24, 2.45) is 5.92 Å². The molecular weight excluding hydrogens is 234 g/mol. The number of rotatable bonds is 4. The first kappa shape index (κ1) is 14.5. The SMILES string of the molecule is CCC1CNC(C(C)C)CN1Cc1ccncc1C. The third-order valence-corrected chi connectivity index (χ3v) is 4.35. The molecule has 0 radical (unpaired) electrons. The van der Waals surface area contributed by atoms with Crippen molar-refractivity contribution in [1.29, 1.82) is 0 Å². The molecule has 2 rings (SSSR count). The van der Waals surface area contributed by atoms with E-state index in [0.717, 1.165) is 19.6 Å². The highest BCUT2D eigenvalue weighted by atomic mass is 15.2. The van der Waals surface area contributed by atoms with Gasteiger partial charge in [0.1, 0.15) is 0 Å². The number of piperazine rings is 1. The summed E-state index contributed by atoms with van der Waals surface area (Å²) in [5, 5.41) is 3.70. The zero-order valence-corrected chi connectivity index (χ0v) is 12.7. The monoisotopic (exact) mass is 261 g/mol. The normalized spacial score (nSPS) is 24.9. The van der Waals surface area contributed by atoms with Crippen LogP contribution in [0.4, 0.5) is 0 Å². The quantitative estimate of drug-likeness (QED) is 0.903. The number of nitrogens with zero attached hydrogens (tertiary/aromatic N) is 2. The summed E-state index contributed by atoms with van der Waals surface area (Å²) in [6.45, 7) is 12.4. The Balaban J connectivity index is 2.08. The van der Waals surface area contributed by atoms with E-state index in [1.807, 2.05) is 12.4 Å². The maximum absolute atomic E-state index is 4.19. The molecule has 1 aliphatic rings. The lowest BCUT2D eigenvalue weighted by Gasteiger charge is -2.41. The van der Waals surface area contributed by atoms with E-state index >= 15 is 0 Å². The molecule has 1 aliphatic heterocycles. The van der Waals surface area contributed by atoms with Gasteiger partial charge in [-0.3, -0.25) is 9.88 Å². The van der Waals surface area contributed by atoms with Gasteiger partial charge in [-0.25, -0.2) is 0 Å². The van der Waals surface area contributed by atoms with Crippen molar-refractivity contribution in [3.05, 3.63) is 29.6 Å². The van der Waals surface area contributed by atoms with E-state index in [9.17, 15) is 0 Å². The van der Waals surface area contributed by atoms with Crippen molar-refractivity contribution in [2.45, 2.75) is 52.7 Å². The molecular formula is C16H27N3. The van der Waals surface area contributed by atoms with Crippen molar-refractivity contribution in [3.63, 3.8) is 0 Å². The first-order chi connectivity index (χ1) is 9.11. The minimum absolute atomic E-state index is 0.616. The minimum Gasteiger partial charge on any atom is -0.311 e. The highest BCUT2D eigenvalue weighted by molar-refractivity contribution is 5.21. The van der Waals surface area contributed by atoms with Crippen LogP contribution in [0.1, 0.15) is 38.3 Å². The van der Waals surface area contributed by atoms with E-state index in [4.69, 9.17) is 0 Å². The second kappa shape index (κ2) is 6.49. The van der Waals surface area contributed by atoms with Crippen molar-refractivity contribution < 1.29 is 0 Å². The molecule has 0 aliphatic carbocycles. The molecule has 0 spiro atoms. The van der Waals surface area contributed by atoms with Gasteiger partial charge in [-0.05, 0) is 36.5 Å². The molecule has 0 amide bonds. The lowest BCUT2D eigenvalue weighted by atomic mass is 9.97. The minimum atomic E-state index is 0.616. The fourth-order valence-electron chi connectivity index (χ4n) is 2.82. The highest BCUT2D eigenvalue weighted by Crippen LogP contribution is 2.19. The van der Waals surface area contributed by atoms with Crippen LogP contribution in [0.15, 0.2) is 18.5 Å². The molecule has 1 aromatic heterocycles. The summed E-state index contributed by atoms with van der Waals surface area (Å²) in [6, 6.07) is 3.43. The number of nitrogens with one attached hydrogen (secondary N) is 1. The van der Waals surface area contributed by atoms with Gasteiger partial charge in [-0.2, -0.15) is 0 Å². The molecule has 2 atom stereocenters. The summed E-state index contributed by atoms with van der Waals surface area (Å²) in [5.41, 5.74) is 2.72. The Bertz CT molecular complexity index is 403. The van der Waals surface area contributed by atoms with Gasteiger partial charge in [0.2, 0.25) is 0 Å². The van der Waals surface area contributed by atoms with Crippen molar-refractivity contribution in [3.8, 4) is 0 Å². The molecule has 3 nitrogen and oxygen atoms in total. The van der Waals surface area contributed by atoms with Crippen LogP contribution in [-0.2, 0) is 6.54 Å². The fourth-order valence-corrected chi connectivity index (χ4v) is 2.82. The summed E-state index contributed by atoms with van der Waals surface area (Å²) in [5.74, 6) is 0.693. The number of aryl methyl sites for hydroxylation is 1. The molecule has 1 aromatic rings. The van der Waals surface area contributed by atoms with Gasteiger partial charge in [0.25, 0.3) is 0 Å². The highest BCUT2D eigenvalue weighted by Gasteiger charge is 2.28.